The summed E-state index contributed by atoms with van der Waals surface area (Å²) in [4.78, 5) is 11.2. The number of rotatable bonds is 4. The Morgan fingerprint density at radius 3 is 2.47 bits per heavy atom. The average Bonchev–Trinajstić information content (AvgIpc) is 2.62. The number of hydrogen-bond donors (Lipinski definition) is 0. The highest BCUT2D eigenvalue weighted by atomic mass is 19.4. The predicted molar refractivity (Wildman–Crippen MR) is 57.3 cm³/mol. The maximum Gasteiger partial charge on any atom is 0.422 e. The fraction of sp³-hybridized carbons (Fsp3) is 0.917. The van der Waals surface area contributed by atoms with Gasteiger partial charge in [-0.15, -0.1) is 0 Å². The summed E-state index contributed by atoms with van der Waals surface area (Å²) >= 11 is 0. The Kier molecular flexibility index (Phi) is 4.83. The summed E-state index contributed by atoms with van der Waals surface area (Å²) in [6, 6.07) is 0. The van der Waals surface area contributed by atoms with E-state index in [-0.39, 0.29) is 12.3 Å². The van der Waals surface area contributed by atoms with Gasteiger partial charge in [0.1, 0.15) is 0 Å². The van der Waals surface area contributed by atoms with Crippen LogP contribution in [-0.2, 0) is 9.53 Å². The third-order valence-electron chi connectivity index (χ3n) is 3.38. The van der Waals surface area contributed by atoms with Crippen LogP contribution in [0.4, 0.5) is 13.2 Å². The monoisotopic (exact) mass is 252 g/mol. The van der Waals surface area contributed by atoms with Gasteiger partial charge < -0.3 is 4.74 Å². The normalized spacial score (nSPS) is 25.3. The first kappa shape index (κ1) is 14.3. The Hall–Kier alpha value is -0.740. The van der Waals surface area contributed by atoms with Crippen LogP contribution in [0.1, 0.15) is 39.5 Å². The maximum absolute atomic E-state index is 11.8. The lowest BCUT2D eigenvalue weighted by Crippen LogP contribution is -2.21. The van der Waals surface area contributed by atoms with Gasteiger partial charge in [-0.3, -0.25) is 4.79 Å². The molecule has 17 heavy (non-hydrogen) atoms. The molecule has 1 saturated carbocycles. The zero-order valence-electron chi connectivity index (χ0n) is 10.2. The van der Waals surface area contributed by atoms with E-state index < -0.39 is 18.8 Å². The zero-order valence-corrected chi connectivity index (χ0v) is 10.2. The summed E-state index contributed by atoms with van der Waals surface area (Å²) in [6.45, 7) is 2.80. The molecule has 2 nitrogen and oxygen atoms in total. The number of esters is 1. The largest absolute Gasteiger partial charge is 0.456 e. The van der Waals surface area contributed by atoms with E-state index in [9.17, 15) is 18.0 Å². The third kappa shape index (κ3) is 5.41. The molecular formula is C12H19F3O2. The third-order valence-corrected chi connectivity index (χ3v) is 3.38. The van der Waals surface area contributed by atoms with Gasteiger partial charge in [0.15, 0.2) is 6.61 Å². The Morgan fingerprint density at radius 1 is 1.35 bits per heavy atom. The van der Waals surface area contributed by atoms with Gasteiger partial charge in [0.05, 0.1) is 0 Å². The molecule has 0 aromatic rings. The fourth-order valence-corrected chi connectivity index (χ4v) is 2.36. The molecule has 5 heteroatoms. The maximum atomic E-state index is 11.8. The van der Waals surface area contributed by atoms with Gasteiger partial charge in [0.25, 0.3) is 0 Å². The van der Waals surface area contributed by atoms with E-state index in [0.717, 1.165) is 19.3 Å². The smallest absolute Gasteiger partial charge is 0.422 e. The van der Waals surface area contributed by atoms with E-state index in [1.807, 2.05) is 0 Å². The second-order valence-electron chi connectivity index (χ2n) is 5.16. The molecule has 0 saturated heterocycles. The zero-order chi connectivity index (χ0) is 13.1. The average molecular weight is 252 g/mol. The van der Waals surface area contributed by atoms with Crippen molar-refractivity contribution in [2.24, 2.45) is 17.8 Å². The molecule has 0 aromatic heterocycles. The number of carbonyl (C=O) groups is 1. The lowest BCUT2D eigenvalue weighted by molar-refractivity contribution is -0.186. The van der Waals surface area contributed by atoms with E-state index >= 15 is 0 Å². The molecule has 0 aromatic carbocycles. The minimum absolute atomic E-state index is 0.124. The highest BCUT2D eigenvalue weighted by Gasteiger charge is 2.32. The molecule has 1 rings (SSSR count). The Labute approximate surface area is 99.5 Å². The van der Waals surface area contributed by atoms with Gasteiger partial charge in [-0.2, -0.15) is 13.2 Å². The lowest BCUT2D eigenvalue weighted by Gasteiger charge is -2.14. The van der Waals surface area contributed by atoms with Crippen LogP contribution in [-0.4, -0.2) is 18.8 Å². The topological polar surface area (TPSA) is 26.3 Å². The van der Waals surface area contributed by atoms with Gasteiger partial charge in [-0.1, -0.05) is 13.8 Å². The summed E-state index contributed by atoms with van der Waals surface area (Å²) in [5, 5.41) is 0. The van der Waals surface area contributed by atoms with Crippen LogP contribution < -0.4 is 0 Å². The van der Waals surface area contributed by atoms with E-state index in [2.05, 4.69) is 18.6 Å². The van der Waals surface area contributed by atoms with Crippen LogP contribution in [0.3, 0.4) is 0 Å². The minimum atomic E-state index is -4.42. The SMILES string of the molecule is CC(C)C1CCC(CC(=O)OCC(F)(F)F)C1. The van der Waals surface area contributed by atoms with Crippen molar-refractivity contribution in [3.05, 3.63) is 0 Å². The van der Waals surface area contributed by atoms with Gasteiger partial charge in [0.2, 0.25) is 0 Å². The molecule has 2 atom stereocenters. The predicted octanol–water partition coefficient (Wildman–Crippen LogP) is 3.55. The van der Waals surface area contributed by atoms with Crippen molar-refractivity contribution < 1.29 is 22.7 Å². The summed E-state index contributed by atoms with van der Waals surface area (Å²) in [6.07, 6.45) is -1.39. The fourth-order valence-electron chi connectivity index (χ4n) is 2.36. The molecule has 100 valence electrons. The first-order valence-electron chi connectivity index (χ1n) is 6.00. The van der Waals surface area contributed by atoms with Gasteiger partial charge in [-0.25, -0.2) is 0 Å². The van der Waals surface area contributed by atoms with E-state index in [1.165, 1.54) is 0 Å². The molecule has 1 aliphatic rings. The summed E-state index contributed by atoms with van der Waals surface area (Å²) < 4.78 is 39.7. The molecule has 1 fully saturated rings. The Bertz CT molecular complexity index is 261. The number of ether oxygens (including phenoxy) is 1. The van der Waals surface area contributed by atoms with Crippen molar-refractivity contribution in [2.45, 2.75) is 45.7 Å². The van der Waals surface area contributed by atoms with Crippen LogP contribution in [0.15, 0.2) is 0 Å². The molecule has 2 unspecified atom stereocenters. The van der Waals surface area contributed by atoms with Crippen molar-refractivity contribution in [1.82, 2.24) is 0 Å². The van der Waals surface area contributed by atoms with Crippen molar-refractivity contribution >= 4 is 5.97 Å². The van der Waals surface area contributed by atoms with Gasteiger partial charge in [0, 0.05) is 6.42 Å². The van der Waals surface area contributed by atoms with Gasteiger partial charge >= 0.3 is 12.1 Å². The van der Waals surface area contributed by atoms with Crippen LogP contribution in [0.5, 0.6) is 0 Å². The lowest BCUT2D eigenvalue weighted by atomic mass is 9.93. The number of alkyl halides is 3. The molecule has 0 N–H and O–H groups in total. The highest BCUT2D eigenvalue weighted by Crippen LogP contribution is 2.37. The first-order valence-corrected chi connectivity index (χ1v) is 6.00. The number of halogens is 3. The van der Waals surface area contributed by atoms with Crippen molar-refractivity contribution in [3.8, 4) is 0 Å². The number of hydrogen-bond acceptors (Lipinski definition) is 2. The van der Waals surface area contributed by atoms with Crippen molar-refractivity contribution in [1.29, 1.82) is 0 Å². The van der Waals surface area contributed by atoms with Crippen molar-refractivity contribution in [3.63, 3.8) is 0 Å². The summed E-state index contributed by atoms with van der Waals surface area (Å²) in [5.41, 5.74) is 0. The second-order valence-corrected chi connectivity index (χ2v) is 5.16. The minimum Gasteiger partial charge on any atom is -0.456 e. The van der Waals surface area contributed by atoms with Crippen LogP contribution in [0, 0.1) is 17.8 Å². The van der Waals surface area contributed by atoms with Crippen LogP contribution >= 0.6 is 0 Å². The molecule has 0 amide bonds. The molecule has 0 radical (unpaired) electrons. The van der Waals surface area contributed by atoms with E-state index in [0.29, 0.717) is 11.8 Å². The summed E-state index contributed by atoms with van der Waals surface area (Å²) in [5.74, 6) is 0.640. The molecule has 0 bridgehead atoms. The van der Waals surface area contributed by atoms with E-state index in [1.54, 1.807) is 0 Å². The molecule has 0 spiro atoms. The molecular weight excluding hydrogens is 233 g/mol. The van der Waals surface area contributed by atoms with E-state index in [4.69, 9.17) is 0 Å². The summed E-state index contributed by atoms with van der Waals surface area (Å²) in [7, 11) is 0. The molecule has 0 heterocycles. The van der Waals surface area contributed by atoms with Crippen LogP contribution in [0.25, 0.3) is 0 Å². The van der Waals surface area contributed by atoms with Crippen molar-refractivity contribution in [2.75, 3.05) is 6.61 Å². The Morgan fingerprint density at radius 2 is 2.00 bits per heavy atom. The second kappa shape index (κ2) is 5.74. The Balaban J connectivity index is 2.24. The standard InChI is InChI=1S/C12H19F3O2/c1-8(2)10-4-3-9(5-10)6-11(16)17-7-12(13,14)15/h8-10H,3-7H2,1-2H3. The highest BCUT2D eigenvalue weighted by molar-refractivity contribution is 5.69. The van der Waals surface area contributed by atoms with Crippen LogP contribution in [0.2, 0.25) is 0 Å². The molecule has 1 aliphatic carbocycles. The number of carbonyl (C=O) groups excluding carboxylic acids is 1. The first-order chi connectivity index (χ1) is 7.78. The molecule has 0 aliphatic heterocycles. The van der Waals surface area contributed by atoms with Gasteiger partial charge in [-0.05, 0) is 37.0 Å². The quantitative estimate of drug-likeness (QED) is 0.715.